The van der Waals surface area contributed by atoms with Crippen LogP contribution in [0, 0.1) is 0 Å². The number of benzene rings is 2. The van der Waals surface area contributed by atoms with Crippen molar-refractivity contribution in [2.75, 3.05) is 0 Å². The molecule has 0 saturated heterocycles. The number of rotatable bonds is 0. The molecular formula is C21H26. The first-order valence-electron chi connectivity index (χ1n) is 8.05. The van der Waals surface area contributed by atoms with E-state index in [0.717, 1.165) is 6.42 Å². The minimum absolute atomic E-state index is 0. The Morgan fingerprint density at radius 2 is 1.43 bits per heavy atom. The fourth-order valence-corrected chi connectivity index (χ4v) is 2.91. The lowest BCUT2D eigenvalue weighted by molar-refractivity contribution is 1.42. The number of hydrogen-bond donors (Lipinski definition) is 0. The molecule has 2 aliphatic rings. The first-order valence-corrected chi connectivity index (χ1v) is 8.05. The first-order chi connectivity index (χ1) is 10.4. The second-order valence-electron chi connectivity index (χ2n) is 4.57. The summed E-state index contributed by atoms with van der Waals surface area (Å²) in [6.07, 6.45) is 7.85. The molecule has 0 aromatic heterocycles. The lowest BCUT2D eigenvalue weighted by Gasteiger charge is -2.04. The lowest BCUT2D eigenvalue weighted by atomic mass is 9.99. The molecule has 2 aromatic carbocycles. The van der Waals surface area contributed by atoms with Crippen molar-refractivity contribution in [3.8, 4) is 11.1 Å². The van der Waals surface area contributed by atoms with Gasteiger partial charge in [-0.15, -0.1) is 0 Å². The highest BCUT2D eigenvalue weighted by atomic mass is 14.3. The van der Waals surface area contributed by atoms with Crippen molar-refractivity contribution < 1.29 is 1.43 Å². The van der Waals surface area contributed by atoms with Crippen molar-refractivity contribution in [2.24, 2.45) is 0 Å². The lowest BCUT2D eigenvalue weighted by Crippen LogP contribution is -1.84. The van der Waals surface area contributed by atoms with E-state index < -0.39 is 0 Å². The molecular weight excluding hydrogens is 252 g/mol. The first kappa shape index (κ1) is 15.3. The monoisotopic (exact) mass is 278 g/mol. The predicted octanol–water partition coefficient (Wildman–Crippen LogP) is 6.81. The summed E-state index contributed by atoms with van der Waals surface area (Å²) in [7, 11) is 0. The van der Waals surface area contributed by atoms with Gasteiger partial charge in [0, 0.05) is 1.43 Å². The second kappa shape index (κ2) is 7.08. The summed E-state index contributed by atoms with van der Waals surface area (Å²) in [6, 6.07) is 15.3. The van der Waals surface area contributed by atoms with E-state index in [1.165, 1.54) is 33.4 Å². The zero-order valence-corrected chi connectivity index (χ0v) is 13.5. The molecule has 2 aliphatic carbocycles. The highest BCUT2D eigenvalue weighted by molar-refractivity contribution is 6.04. The average Bonchev–Trinajstić information content (AvgIpc) is 2.74. The molecule has 0 radical (unpaired) electrons. The van der Waals surface area contributed by atoms with E-state index >= 15 is 0 Å². The van der Waals surface area contributed by atoms with Crippen molar-refractivity contribution in [1.29, 1.82) is 0 Å². The smallest absolute Gasteiger partial charge is 0 e. The number of hydrogen-bond acceptors (Lipinski definition) is 0. The second-order valence-corrected chi connectivity index (χ2v) is 4.57. The van der Waals surface area contributed by atoms with Gasteiger partial charge >= 0.3 is 0 Å². The highest BCUT2D eigenvalue weighted by Crippen LogP contribution is 2.46. The van der Waals surface area contributed by atoms with Gasteiger partial charge in [-0.2, -0.15) is 0 Å². The van der Waals surface area contributed by atoms with Crippen LogP contribution >= 0.6 is 0 Å². The quantitative estimate of drug-likeness (QED) is 0.423. The summed E-state index contributed by atoms with van der Waals surface area (Å²) in [4.78, 5) is 0. The van der Waals surface area contributed by atoms with Gasteiger partial charge in [0.15, 0.2) is 0 Å². The molecule has 0 atom stereocenters. The zero-order chi connectivity index (χ0) is 15.2. The molecule has 0 aliphatic heterocycles. The van der Waals surface area contributed by atoms with Crippen molar-refractivity contribution in [3.05, 3.63) is 71.3 Å². The van der Waals surface area contributed by atoms with Crippen LogP contribution in [0.4, 0.5) is 0 Å². The van der Waals surface area contributed by atoms with Gasteiger partial charge in [-0.05, 0) is 39.8 Å². The van der Waals surface area contributed by atoms with Gasteiger partial charge in [-0.3, -0.25) is 0 Å². The molecule has 2 aromatic rings. The molecule has 0 N–H and O–H groups in total. The standard InChI is InChI=1S/C17H12.2C2H6.H2/c1-2-10-15-13-8-3-4-9-14(13)16-11-5-7-12(6-1)17(15)16;2*1-2;/h1,3-11H,2H2;2*1-2H3;1H. The van der Waals surface area contributed by atoms with E-state index in [9.17, 15) is 0 Å². The molecule has 0 fully saturated rings. The van der Waals surface area contributed by atoms with Crippen LogP contribution in [-0.4, -0.2) is 0 Å². The Kier molecular flexibility index (Phi) is 5.16. The third kappa shape index (κ3) is 2.58. The fraction of sp³-hybridized carbons (Fsp3) is 0.238. The highest BCUT2D eigenvalue weighted by Gasteiger charge is 2.24. The summed E-state index contributed by atoms with van der Waals surface area (Å²) >= 11 is 0. The Morgan fingerprint density at radius 3 is 2.19 bits per heavy atom. The van der Waals surface area contributed by atoms with Gasteiger partial charge < -0.3 is 0 Å². The molecule has 0 nitrogen and oxygen atoms in total. The van der Waals surface area contributed by atoms with E-state index in [4.69, 9.17) is 0 Å². The summed E-state index contributed by atoms with van der Waals surface area (Å²) in [5.74, 6) is 0. The summed E-state index contributed by atoms with van der Waals surface area (Å²) < 4.78 is 0. The van der Waals surface area contributed by atoms with Crippen molar-refractivity contribution in [2.45, 2.75) is 34.1 Å². The summed E-state index contributed by atoms with van der Waals surface area (Å²) in [6.45, 7) is 8.00. The molecule has 0 heteroatoms. The molecule has 0 amide bonds. The Labute approximate surface area is 130 Å². The van der Waals surface area contributed by atoms with Crippen LogP contribution in [0.25, 0.3) is 22.8 Å². The Bertz CT molecular complexity index is 678. The van der Waals surface area contributed by atoms with Gasteiger partial charge in [0.1, 0.15) is 0 Å². The van der Waals surface area contributed by atoms with Gasteiger partial charge in [0.25, 0.3) is 0 Å². The Hall–Kier alpha value is -2.08. The third-order valence-electron chi connectivity index (χ3n) is 3.63. The van der Waals surface area contributed by atoms with E-state index in [-0.39, 0.29) is 1.43 Å². The van der Waals surface area contributed by atoms with Gasteiger partial charge in [0.05, 0.1) is 0 Å². The molecule has 21 heavy (non-hydrogen) atoms. The Morgan fingerprint density at radius 1 is 0.762 bits per heavy atom. The zero-order valence-electron chi connectivity index (χ0n) is 13.5. The molecule has 0 saturated carbocycles. The summed E-state index contributed by atoms with van der Waals surface area (Å²) in [5.41, 5.74) is 8.33. The number of allylic oxidation sites excluding steroid dienone is 2. The molecule has 0 heterocycles. The van der Waals surface area contributed by atoms with Crippen LogP contribution in [-0.2, 0) is 0 Å². The van der Waals surface area contributed by atoms with Crippen LogP contribution in [0.3, 0.4) is 0 Å². The van der Waals surface area contributed by atoms with Crippen molar-refractivity contribution in [1.82, 2.24) is 0 Å². The third-order valence-corrected chi connectivity index (χ3v) is 3.63. The molecule has 0 unspecified atom stereocenters. The molecule has 0 bridgehead atoms. The number of fused-ring (bicyclic) bond motifs is 3. The van der Waals surface area contributed by atoms with Crippen LogP contribution in [0.5, 0.6) is 0 Å². The average molecular weight is 278 g/mol. The van der Waals surface area contributed by atoms with Crippen LogP contribution < -0.4 is 0 Å². The van der Waals surface area contributed by atoms with Gasteiger partial charge in [-0.25, -0.2) is 0 Å². The van der Waals surface area contributed by atoms with Crippen molar-refractivity contribution in [3.63, 3.8) is 0 Å². The summed E-state index contributed by atoms with van der Waals surface area (Å²) in [5, 5.41) is 0. The van der Waals surface area contributed by atoms with E-state index in [0.29, 0.717) is 0 Å². The van der Waals surface area contributed by atoms with Crippen LogP contribution in [0.1, 0.15) is 52.2 Å². The van der Waals surface area contributed by atoms with Gasteiger partial charge in [0.2, 0.25) is 0 Å². The largest absolute Gasteiger partial charge is 0.0801 e. The minimum Gasteiger partial charge on any atom is -0.0801 e. The Balaban J connectivity index is 0.000000451. The molecule has 110 valence electrons. The normalized spacial score (nSPS) is 12.7. The SMILES string of the molecule is C1=Cc2cccc3c2C(=CC1)c1ccccc1-3.CC.CC.[HH]. The van der Waals surface area contributed by atoms with E-state index in [2.05, 4.69) is 60.7 Å². The van der Waals surface area contributed by atoms with E-state index in [1.54, 1.807) is 0 Å². The minimum atomic E-state index is 0. The molecule has 4 rings (SSSR count). The van der Waals surface area contributed by atoms with Crippen LogP contribution in [0.2, 0.25) is 0 Å². The predicted molar refractivity (Wildman–Crippen MR) is 97.4 cm³/mol. The van der Waals surface area contributed by atoms with E-state index in [1.807, 2.05) is 27.7 Å². The maximum atomic E-state index is 2.34. The molecule has 0 spiro atoms. The fourth-order valence-electron chi connectivity index (χ4n) is 2.91. The maximum Gasteiger partial charge on any atom is 0 e. The topological polar surface area (TPSA) is 0 Å². The van der Waals surface area contributed by atoms with Crippen molar-refractivity contribution >= 4 is 11.6 Å². The maximum absolute atomic E-state index is 2.34. The van der Waals surface area contributed by atoms with Crippen LogP contribution in [0.15, 0.2) is 54.6 Å². The van der Waals surface area contributed by atoms with Gasteiger partial charge in [-0.1, -0.05) is 88.4 Å².